The molecule has 4 heteroatoms. The van der Waals surface area contributed by atoms with Crippen molar-refractivity contribution in [3.8, 4) is 0 Å². The highest BCUT2D eigenvalue weighted by atomic mass is 32.2. The molecule has 0 aromatic rings. The second-order valence-electron chi connectivity index (χ2n) is 3.56. The number of hydrogen-bond donors (Lipinski definition) is 1. The molecule has 86 valence electrons. The maximum Gasteiger partial charge on any atom is 0.193 e. The lowest BCUT2D eigenvalue weighted by atomic mass is 10.3. The Labute approximate surface area is 97.0 Å². The number of nitrogens with one attached hydrogen (secondary N) is 1. The lowest BCUT2D eigenvalue weighted by Crippen LogP contribution is -2.47. The van der Waals surface area contributed by atoms with Crippen LogP contribution in [0.1, 0.15) is 13.3 Å². The zero-order chi connectivity index (χ0) is 11.1. The number of guanidine groups is 1. The minimum atomic E-state index is 0.751. The number of rotatable bonds is 3. The number of thioether (sulfide) groups is 1. The fourth-order valence-corrected chi connectivity index (χ4v) is 2.83. The van der Waals surface area contributed by atoms with E-state index in [1.54, 1.807) is 0 Å². The first kappa shape index (κ1) is 12.4. The summed E-state index contributed by atoms with van der Waals surface area (Å²) >= 11 is 2.07. The average molecular weight is 227 g/mol. The molecule has 0 aromatic carbocycles. The van der Waals surface area contributed by atoms with Crippen LogP contribution in [-0.2, 0) is 0 Å². The van der Waals surface area contributed by atoms with Crippen LogP contribution in [0.2, 0.25) is 0 Å². The van der Waals surface area contributed by atoms with Crippen molar-refractivity contribution in [2.24, 2.45) is 4.99 Å². The van der Waals surface area contributed by atoms with Gasteiger partial charge in [-0.1, -0.05) is 13.0 Å². The predicted molar refractivity (Wildman–Crippen MR) is 69.7 cm³/mol. The van der Waals surface area contributed by atoms with Crippen molar-refractivity contribution in [3.05, 3.63) is 12.7 Å². The fraction of sp³-hybridized carbons (Fsp3) is 0.727. The normalized spacial score (nSPS) is 22.7. The van der Waals surface area contributed by atoms with E-state index in [2.05, 4.69) is 40.5 Å². The van der Waals surface area contributed by atoms with Gasteiger partial charge < -0.3 is 10.2 Å². The molecule has 0 spiro atoms. The fourth-order valence-electron chi connectivity index (χ4n) is 1.65. The summed E-state index contributed by atoms with van der Waals surface area (Å²) in [4.78, 5) is 6.63. The Morgan fingerprint density at radius 1 is 1.73 bits per heavy atom. The first-order valence-electron chi connectivity index (χ1n) is 5.49. The van der Waals surface area contributed by atoms with Crippen LogP contribution in [0, 0.1) is 0 Å². The van der Waals surface area contributed by atoms with Gasteiger partial charge in [0.25, 0.3) is 0 Å². The minimum absolute atomic E-state index is 0.751. The van der Waals surface area contributed by atoms with Crippen molar-refractivity contribution in [2.75, 3.05) is 32.4 Å². The Bertz CT molecular complexity index is 228. The van der Waals surface area contributed by atoms with Crippen LogP contribution in [0.15, 0.2) is 17.6 Å². The zero-order valence-corrected chi connectivity index (χ0v) is 10.5. The molecule has 1 heterocycles. The smallest absolute Gasteiger partial charge is 0.193 e. The largest absolute Gasteiger partial charge is 0.353 e. The molecule has 0 aliphatic carbocycles. The molecule has 3 nitrogen and oxygen atoms in total. The average Bonchev–Trinajstić information content (AvgIpc) is 2.30. The monoisotopic (exact) mass is 227 g/mol. The summed E-state index contributed by atoms with van der Waals surface area (Å²) in [5, 5.41) is 4.03. The van der Waals surface area contributed by atoms with Crippen molar-refractivity contribution in [1.82, 2.24) is 10.2 Å². The van der Waals surface area contributed by atoms with Gasteiger partial charge in [0.2, 0.25) is 0 Å². The highest BCUT2D eigenvalue weighted by Gasteiger charge is 2.20. The van der Waals surface area contributed by atoms with Crippen LogP contribution in [-0.4, -0.2) is 48.5 Å². The van der Waals surface area contributed by atoms with E-state index >= 15 is 0 Å². The number of hydrogen-bond acceptors (Lipinski definition) is 2. The van der Waals surface area contributed by atoms with Gasteiger partial charge in [0, 0.05) is 37.7 Å². The van der Waals surface area contributed by atoms with Crippen molar-refractivity contribution >= 4 is 17.7 Å². The summed E-state index contributed by atoms with van der Waals surface area (Å²) in [6, 6.07) is 0. The third kappa shape index (κ3) is 3.78. The van der Waals surface area contributed by atoms with Crippen LogP contribution in [0.5, 0.6) is 0 Å². The first-order chi connectivity index (χ1) is 7.31. The van der Waals surface area contributed by atoms with Gasteiger partial charge in [-0.2, -0.15) is 11.8 Å². The van der Waals surface area contributed by atoms with Gasteiger partial charge >= 0.3 is 0 Å². The molecule has 15 heavy (non-hydrogen) atoms. The maximum absolute atomic E-state index is 4.29. The molecule has 1 unspecified atom stereocenters. The topological polar surface area (TPSA) is 27.6 Å². The molecule has 0 saturated carbocycles. The molecular formula is C11H21N3S. The standard InChI is InChI=1S/C11H21N3S/c1-4-6-13-11(12-3)14-7-8-15-10(5-2)9-14/h4,10H,1,5-9H2,2-3H3,(H,12,13). The summed E-state index contributed by atoms with van der Waals surface area (Å²) in [6.45, 7) is 8.94. The summed E-state index contributed by atoms with van der Waals surface area (Å²) in [7, 11) is 1.84. The van der Waals surface area contributed by atoms with Gasteiger partial charge in [-0.05, 0) is 6.42 Å². The van der Waals surface area contributed by atoms with E-state index in [-0.39, 0.29) is 0 Å². The van der Waals surface area contributed by atoms with Gasteiger partial charge in [-0.3, -0.25) is 4.99 Å². The summed E-state index contributed by atoms with van der Waals surface area (Å²) < 4.78 is 0. The van der Waals surface area contributed by atoms with Crippen molar-refractivity contribution in [3.63, 3.8) is 0 Å². The van der Waals surface area contributed by atoms with E-state index in [1.807, 2.05) is 13.1 Å². The Morgan fingerprint density at radius 2 is 2.53 bits per heavy atom. The van der Waals surface area contributed by atoms with E-state index in [0.29, 0.717) is 0 Å². The lowest BCUT2D eigenvalue weighted by molar-refractivity contribution is 0.410. The van der Waals surface area contributed by atoms with E-state index in [9.17, 15) is 0 Å². The summed E-state index contributed by atoms with van der Waals surface area (Å²) in [5.41, 5.74) is 0. The van der Waals surface area contributed by atoms with Crippen LogP contribution in [0.25, 0.3) is 0 Å². The van der Waals surface area contributed by atoms with Gasteiger partial charge in [0.1, 0.15) is 0 Å². The summed E-state index contributed by atoms with van der Waals surface area (Å²) in [5.74, 6) is 2.21. The lowest BCUT2D eigenvalue weighted by Gasteiger charge is -2.34. The molecule has 1 rings (SSSR count). The molecule has 1 aliphatic heterocycles. The highest BCUT2D eigenvalue weighted by Crippen LogP contribution is 2.20. The molecule has 0 radical (unpaired) electrons. The number of aliphatic imine (C=N–C) groups is 1. The van der Waals surface area contributed by atoms with Gasteiger partial charge in [0.15, 0.2) is 5.96 Å². The van der Waals surface area contributed by atoms with Crippen LogP contribution in [0.4, 0.5) is 0 Å². The molecule has 1 aliphatic rings. The van der Waals surface area contributed by atoms with E-state index in [0.717, 1.165) is 30.8 Å². The molecule has 1 saturated heterocycles. The maximum atomic E-state index is 4.29. The third-order valence-corrected chi connectivity index (χ3v) is 3.88. The second-order valence-corrected chi connectivity index (χ2v) is 4.97. The predicted octanol–water partition coefficient (Wildman–Crippen LogP) is 1.58. The molecule has 0 bridgehead atoms. The molecule has 0 aromatic heterocycles. The Morgan fingerprint density at radius 3 is 3.13 bits per heavy atom. The Kier molecular flexibility index (Phi) is 5.61. The molecule has 1 atom stereocenters. The zero-order valence-electron chi connectivity index (χ0n) is 9.70. The van der Waals surface area contributed by atoms with Gasteiger partial charge in [-0.25, -0.2) is 0 Å². The van der Waals surface area contributed by atoms with E-state index < -0.39 is 0 Å². The highest BCUT2D eigenvalue weighted by molar-refractivity contribution is 8.00. The molecule has 1 N–H and O–H groups in total. The van der Waals surface area contributed by atoms with Crippen LogP contribution >= 0.6 is 11.8 Å². The van der Waals surface area contributed by atoms with Crippen LogP contribution < -0.4 is 5.32 Å². The SMILES string of the molecule is C=CCNC(=NC)N1CCSC(CC)C1. The van der Waals surface area contributed by atoms with Crippen molar-refractivity contribution in [2.45, 2.75) is 18.6 Å². The van der Waals surface area contributed by atoms with Crippen molar-refractivity contribution in [1.29, 1.82) is 0 Å². The van der Waals surface area contributed by atoms with Crippen LogP contribution in [0.3, 0.4) is 0 Å². The van der Waals surface area contributed by atoms with E-state index in [1.165, 1.54) is 12.2 Å². The molecule has 0 amide bonds. The molecule has 1 fully saturated rings. The Balaban J connectivity index is 2.48. The number of nitrogens with zero attached hydrogens (tertiary/aromatic N) is 2. The summed E-state index contributed by atoms with van der Waals surface area (Å²) in [6.07, 6.45) is 3.10. The van der Waals surface area contributed by atoms with Gasteiger partial charge in [0.05, 0.1) is 0 Å². The first-order valence-corrected chi connectivity index (χ1v) is 6.54. The van der Waals surface area contributed by atoms with Gasteiger partial charge in [-0.15, -0.1) is 6.58 Å². The quantitative estimate of drug-likeness (QED) is 0.451. The minimum Gasteiger partial charge on any atom is -0.353 e. The Hall–Kier alpha value is -0.640. The second kappa shape index (κ2) is 6.77. The van der Waals surface area contributed by atoms with E-state index in [4.69, 9.17) is 0 Å². The molecular weight excluding hydrogens is 206 g/mol. The third-order valence-electron chi connectivity index (χ3n) is 2.51. The van der Waals surface area contributed by atoms with Crippen molar-refractivity contribution < 1.29 is 0 Å².